The van der Waals surface area contributed by atoms with Gasteiger partial charge in [0.2, 0.25) is 0 Å². The number of rotatable bonds is 6. The number of imidazole rings is 1. The minimum atomic E-state index is -0.214. The molecule has 0 radical (unpaired) electrons. The minimum Gasteiger partial charge on any atom is -0.315 e. The number of nitrogens with zero attached hydrogens (tertiary/aromatic N) is 4. The third-order valence-corrected chi connectivity index (χ3v) is 6.51. The fourth-order valence-electron chi connectivity index (χ4n) is 3.07. The number of hydrogen-bond donors (Lipinski definition) is 0. The number of fused-ring (bicyclic) bond motifs is 1. The van der Waals surface area contributed by atoms with E-state index >= 15 is 0 Å². The van der Waals surface area contributed by atoms with Crippen LogP contribution in [-0.2, 0) is 12.3 Å². The fraction of sp³-hybridized carbons (Fsp3) is 0.190. The predicted octanol–water partition coefficient (Wildman–Crippen LogP) is 6.24. The summed E-state index contributed by atoms with van der Waals surface area (Å²) >= 11 is 19.6. The Morgan fingerprint density at radius 3 is 2.50 bits per heavy atom. The maximum absolute atomic E-state index is 13.3. The molecule has 0 fully saturated rings. The Kier molecular flexibility index (Phi) is 6.39. The van der Waals surface area contributed by atoms with Crippen molar-refractivity contribution in [2.24, 2.45) is 0 Å². The molecule has 2 aromatic heterocycles. The van der Waals surface area contributed by atoms with Gasteiger partial charge in [-0.3, -0.25) is 9.36 Å². The lowest BCUT2D eigenvalue weighted by atomic mass is 10.2. The molecule has 154 valence electrons. The molecule has 30 heavy (non-hydrogen) atoms. The summed E-state index contributed by atoms with van der Waals surface area (Å²) < 4.78 is 3.48. The van der Waals surface area contributed by atoms with E-state index in [9.17, 15) is 4.79 Å². The zero-order valence-electron chi connectivity index (χ0n) is 16.0. The predicted molar refractivity (Wildman–Crippen MR) is 124 cm³/mol. The average Bonchev–Trinajstić information content (AvgIpc) is 3.13. The molecule has 0 bridgehead atoms. The van der Waals surface area contributed by atoms with Crippen molar-refractivity contribution in [2.75, 3.05) is 0 Å². The molecule has 2 heterocycles. The Bertz CT molecular complexity index is 1270. The van der Waals surface area contributed by atoms with Crippen molar-refractivity contribution in [2.45, 2.75) is 30.8 Å². The molecule has 4 aromatic rings. The molecule has 0 aliphatic carbocycles. The van der Waals surface area contributed by atoms with Gasteiger partial charge in [-0.2, -0.15) is 0 Å². The maximum atomic E-state index is 13.3. The first-order chi connectivity index (χ1) is 14.5. The van der Waals surface area contributed by atoms with Crippen LogP contribution in [-0.4, -0.2) is 19.1 Å². The number of benzene rings is 2. The zero-order chi connectivity index (χ0) is 21.3. The van der Waals surface area contributed by atoms with Crippen LogP contribution in [0.4, 0.5) is 0 Å². The second-order valence-electron chi connectivity index (χ2n) is 6.66. The summed E-state index contributed by atoms with van der Waals surface area (Å²) in [5.41, 5.74) is 2.38. The van der Waals surface area contributed by atoms with Crippen LogP contribution in [0.5, 0.6) is 0 Å². The second kappa shape index (κ2) is 9.02. The standard InChI is InChI=1S/C21H17Cl3N4OS/c1-2-9-27-12-25-18-19(27)26-21(30-11-13-3-8-16(23)17(24)10-13)28(20(18)29)15-6-4-14(22)5-7-15/h3-8,10,12H,2,9,11H2,1H3. The SMILES string of the molecule is CCCn1cnc2c(=O)n(-c3ccc(Cl)cc3)c(SCc3ccc(Cl)c(Cl)c3)nc21. The Hall–Kier alpha value is -1.99. The Labute approximate surface area is 192 Å². The largest absolute Gasteiger partial charge is 0.315 e. The molecule has 0 atom stereocenters. The molecule has 0 N–H and O–H groups in total. The van der Waals surface area contributed by atoms with Gasteiger partial charge in [0.15, 0.2) is 16.3 Å². The van der Waals surface area contributed by atoms with Crippen molar-refractivity contribution >= 4 is 57.7 Å². The molecule has 0 aliphatic heterocycles. The first kappa shape index (κ1) is 21.2. The third-order valence-electron chi connectivity index (χ3n) is 4.51. The van der Waals surface area contributed by atoms with Gasteiger partial charge >= 0.3 is 0 Å². The summed E-state index contributed by atoms with van der Waals surface area (Å²) in [6, 6.07) is 12.6. The molecule has 4 rings (SSSR count). The number of aromatic nitrogens is 4. The van der Waals surface area contributed by atoms with Gasteiger partial charge in [-0.25, -0.2) is 9.97 Å². The summed E-state index contributed by atoms with van der Waals surface area (Å²) in [5, 5.41) is 2.16. The van der Waals surface area contributed by atoms with Crippen LogP contribution in [0.1, 0.15) is 18.9 Å². The van der Waals surface area contributed by atoms with Gasteiger partial charge < -0.3 is 4.57 Å². The molecular weight excluding hydrogens is 463 g/mol. The average molecular weight is 480 g/mol. The van der Waals surface area contributed by atoms with E-state index in [1.165, 1.54) is 11.8 Å². The fourth-order valence-corrected chi connectivity index (χ4v) is 4.46. The smallest absolute Gasteiger partial charge is 0.286 e. The molecule has 0 saturated heterocycles. The highest BCUT2D eigenvalue weighted by Crippen LogP contribution is 2.28. The number of aryl methyl sites for hydroxylation is 1. The first-order valence-corrected chi connectivity index (χ1v) is 11.4. The molecule has 0 saturated carbocycles. The van der Waals surface area contributed by atoms with Crippen LogP contribution < -0.4 is 5.56 Å². The van der Waals surface area contributed by atoms with Crippen molar-refractivity contribution in [3.63, 3.8) is 0 Å². The van der Waals surface area contributed by atoms with E-state index in [2.05, 4.69) is 11.9 Å². The molecule has 5 nitrogen and oxygen atoms in total. The second-order valence-corrected chi connectivity index (χ2v) is 8.85. The summed E-state index contributed by atoms with van der Waals surface area (Å²) in [6.07, 6.45) is 2.58. The van der Waals surface area contributed by atoms with Gasteiger partial charge in [-0.05, 0) is 48.4 Å². The van der Waals surface area contributed by atoms with E-state index in [1.54, 1.807) is 41.2 Å². The molecule has 0 spiro atoms. The molecule has 0 aliphatic rings. The summed E-state index contributed by atoms with van der Waals surface area (Å²) in [7, 11) is 0. The third kappa shape index (κ3) is 4.23. The number of thioether (sulfide) groups is 1. The normalized spacial score (nSPS) is 11.3. The van der Waals surface area contributed by atoms with E-state index in [4.69, 9.17) is 39.8 Å². The molecule has 2 aromatic carbocycles. The van der Waals surface area contributed by atoms with E-state index in [0.717, 1.165) is 18.5 Å². The van der Waals surface area contributed by atoms with Gasteiger partial charge in [0.1, 0.15) is 0 Å². The van der Waals surface area contributed by atoms with Crippen LogP contribution in [0.3, 0.4) is 0 Å². The molecule has 0 unspecified atom stereocenters. The monoisotopic (exact) mass is 478 g/mol. The highest BCUT2D eigenvalue weighted by Gasteiger charge is 2.17. The van der Waals surface area contributed by atoms with Gasteiger partial charge in [0, 0.05) is 17.3 Å². The number of hydrogen-bond acceptors (Lipinski definition) is 4. The quantitative estimate of drug-likeness (QED) is 0.242. The van der Waals surface area contributed by atoms with Crippen LogP contribution in [0, 0.1) is 0 Å². The molecule has 0 amide bonds. The van der Waals surface area contributed by atoms with Gasteiger partial charge in [-0.15, -0.1) is 0 Å². The van der Waals surface area contributed by atoms with Crippen molar-refractivity contribution in [1.29, 1.82) is 0 Å². The highest BCUT2D eigenvalue weighted by molar-refractivity contribution is 7.98. The summed E-state index contributed by atoms with van der Waals surface area (Å²) in [4.78, 5) is 22.4. The van der Waals surface area contributed by atoms with Gasteiger partial charge in [0.05, 0.1) is 22.1 Å². The van der Waals surface area contributed by atoms with Crippen molar-refractivity contribution in [3.05, 3.63) is 79.8 Å². The van der Waals surface area contributed by atoms with Crippen LogP contribution in [0.2, 0.25) is 15.1 Å². The van der Waals surface area contributed by atoms with Crippen LogP contribution in [0.15, 0.2) is 58.7 Å². The Balaban J connectivity index is 1.82. The highest BCUT2D eigenvalue weighted by atomic mass is 35.5. The van der Waals surface area contributed by atoms with Crippen molar-refractivity contribution < 1.29 is 0 Å². The van der Waals surface area contributed by atoms with Gasteiger partial charge in [-0.1, -0.05) is 59.6 Å². The molecular formula is C21H17Cl3N4OS. The van der Waals surface area contributed by atoms with Crippen molar-refractivity contribution in [1.82, 2.24) is 19.1 Å². The van der Waals surface area contributed by atoms with Crippen molar-refractivity contribution in [3.8, 4) is 5.69 Å². The van der Waals surface area contributed by atoms with Crippen LogP contribution in [0.25, 0.3) is 16.9 Å². The molecule has 9 heteroatoms. The summed E-state index contributed by atoms with van der Waals surface area (Å²) in [5.74, 6) is 0.574. The zero-order valence-corrected chi connectivity index (χ0v) is 19.1. The summed E-state index contributed by atoms with van der Waals surface area (Å²) in [6.45, 7) is 2.81. The Morgan fingerprint density at radius 2 is 1.80 bits per heavy atom. The lowest BCUT2D eigenvalue weighted by molar-refractivity contribution is 0.684. The lowest BCUT2D eigenvalue weighted by Crippen LogP contribution is -2.22. The van der Waals surface area contributed by atoms with Crippen LogP contribution >= 0.6 is 46.6 Å². The van der Waals surface area contributed by atoms with E-state index in [1.807, 2.05) is 16.7 Å². The topological polar surface area (TPSA) is 52.7 Å². The first-order valence-electron chi connectivity index (χ1n) is 9.28. The van der Waals surface area contributed by atoms with E-state index in [0.29, 0.717) is 42.8 Å². The Morgan fingerprint density at radius 1 is 1.03 bits per heavy atom. The van der Waals surface area contributed by atoms with Gasteiger partial charge in [0.25, 0.3) is 5.56 Å². The number of halogens is 3. The maximum Gasteiger partial charge on any atom is 0.286 e. The van der Waals surface area contributed by atoms with E-state index < -0.39 is 0 Å². The minimum absolute atomic E-state index is 0.214. The van der Waals surface area contributed by atoms with E-state index in [-0.39, 0.29) is 5.56 Å². The lowest BCUT2D eigenvalue weighted by Gasteiger charge is -2.13.